The molecule has 27 heavy (non-hydrogen) atoms. The molecular formula is C18H23N7O2. The summed E-state index contributed by atoms with van der Waals surface area (Å²) < 4.78 is 3.84. The summed E-state index contributed by atoms with van der Waals surface area (Å²) in [5.41, 5.74) is 0.868. The molecule has 3 N–H and O–H groups in total. The summed E-state index contributed by atoms with van der Waals surface area (Å²) in [6.07, 6.45) is 8.95. The van der Waals surface area contributed by atoms with Gasteiger partial charge in [-0.3, -0.25) is 0 Å². The van der Waals surface area contributed by atoms with E-state index in [9.17, 15) is 10.2 Å². The fraction of sp³-hybridized carbons (Fsp3) is 0.500. The minimum Gasteiger partial charge on any atom is -0.394 e. The van der Waals surface area contributed by atoms with Crippen LogP contribution in [0.4, 0.5) is 17.6 Å². The fourth-order valence-electron chi connectivity index (χ4n) is 3.95. The summed E-state index contributed by atoms with van der Waals surface area (Å²) in [5, 5.41) is 27.0. The Hall–Kier alpha value is -2.65. The van der Waals surface area contributed by atoms with Crippen LogP contribution in [0.2, 0.25) is 0 Å². The molecule has 0 aromatic carbocycles. The zero-order chi connectivity index (χ0) is 18.4. The smallest absolute Gasteiger partial charge is 0.245 e. The molecule has 142 valence electrons. The number of rotatable bonds is 5. The number of hydrogen-bond acceptors (Lipinski definition) is 7. The summed E-state index contributed by atoms with van der Waals surface area (Å²) in [5.74, 6) is 2.01. The van der Waals surface area contributed by atoms with E-state index in [4.69, 9.17) is 4.98 Å². The monoisotopic (exact) mass is 369 g/mol. The molecule has 4 heterocycles. The highest BCUT2D eigenvalue weighted by molar-refractivity contribution is 5.73. The van der Waals surface area contributed by atoms with Crippen LogP contribution in [0.5, 0.6) is 0 Å². The van der Waals surface area contributed by atoms with Crippen LogP contribution in [-0.2, 0) is 0 Å². The van der Waals surface area contributed by atoms with Gasteiger partial charge in [0.25, 0.3) is 0 Å². The van der Waals surface area contributed by atoms with Crippen molar-refractivity contribution in [2.45, 2.75) is 43.9 Å². The minimum atomic E-state index is -0.196. The number of hydrogen-bond donors (Lipinski definition) is 3. The lowest BCUT2D eigenvalue weighted by molar-refractivity contribution is 0.0485. The van der Waals surface area contributed by atoms with Crippen molar-refractivity contribution in [3.05, 3.63) is 30.9 Å². The predicted octanol–water partition coefficient (Wildman–Crippen LogP) is 1.33. The minimum absolute atomic E-state index is 0.0649. The largest absolute Gasteiger partial charge is 0.394 e. The van der Waals surface area contributed by atoms with Gasteiger partial charge in [-0.15, -0.1) is 5.10 Å². The van der Waals surface area contributed by atoms with Crippen molar-refractivity contribution in [2.75, 3.05) is 23.4 Å². The van der Waals surface area contributed by atoms with Gasteiger partial charge in [0.2, 0.25) is 5.95 Å². The molecular weight excluding hydrogens is 346 g/mol. The normalized spacial score (nSPS) is 25.1. The summed E-state index contributed by atoms with van der Waals surface area (Å²) >= 11 is 0. The molecule has 1 saturated heterocycles. The Balaban J connectivity index is 1.45. The number of nitrogens with one attached hydrogen (secondary N) is 1. The molecule has 0 bridgehead atoms. The van der Waals surface area contributed by atoms with E-state index in [1.807, 2.05) is 29.1 Å². The second-order valence-electron chi connectivity index (χ2n) is 7.38. The molecule has 3 aromatic heterocycles. The average Bonchev–Trinajstić information content (AvgIpc) is 3.38. The van der Waals surface area contributed by atoms with Gasteiger partial charge in [-0.2, -0.15) is 4.98 Å². The molecule has 9 nitrogen and oxygen atoms in total. The molecule has 0 spiro atoms. The van der Waals surface area contributed by atoms with Gasteiger partial charge in [0, 0.05) is 25.0 Å². The summed E-state index contributed by atoms with van der Waals surface area (Å²) in [6, 6.07) is 4.27. The molecule has 0 radical (unpaired) electrons. The first-order valence-electron chi connectivity index (χ1n) is 9.42. The fourth-order valence-corrected chi connectivity index (χ4v) is 3.95. The lowest BCUT2D eigenvalue weighted by atomic mass is 9.89. The van der Waals surface area contributed by atoms with Crippen molar-refractivity contribution in [1.29, 1.82) is 0 Å². The Labute approximate surface area is 156 Å². The Morgan fingerprint density at radius 3 is 3.00 bits per heavy atom. The van der Waals surface area contributed by atoms with Crippen LogP contribution in [0.1, 0.15) is 31.7 Å². The van der Waals surface area contributed by atoms with E-state index in [1.165, 1.54) is 0 Å². The highest BCUT2D eigenvalue weighted by atomic mass is 16.3. The van der Waals surface area contributed by atoms with Crippen molar-refractivity contribution < 1.29 is 10.2 Å². The average molecular weight is 369 g/mol. The summed E-state index contributed by atoms with van der Waals surface area (Å²) in [6.45, 7) is 0.948. The molecule has 0 amide bonds. The summed E-state index contributed by atoms with van der Waals surface area (Å²) in [7, 11) is 0. The predicted molar refractivity (Wildman–Crippen MR) is 100 cm³/mol. The quantitative estimate of drug-likeness (QED) is 0.623. The van der Waals surface area contributed by atoms with E-state index in [-0.39, 0.29) is 18.8 Å². The SMILES string of the molecule is OCC1CCCN1c1nc(Nc2cn(C3CC(O)C3)cn2)c2cccn2n1. The molecule has 1 atom stereocenters. The molecule has 2 fully saturated rings. The maximum Gasteiger partial charge on any atom is 0.245 e. The van der Waals surface area contributed by atoms with Crippen molar-refractivity contribution in [3.63, 3.8) is 0 Å². The van der Waals surface area contributed by atoms with E-state index in [0.29, 0.717) is 23.6 Å². The van der Waals surface area contributed by atoms with Crippen LogP contribution in [0, 0.1) is 0 Å². The zero-order valence-electron chi connectivity index (χ0n) is 14.9. The molecule has 3 aromatic rings. The second-order valence-corrected chi connectivity index (χ2v) is 7.38. The second kappa shape index (κ2) is 6.50. The van der Waals surface area contributed by atoms with Crippen molar-refractivity contribution in [3.8, 4) is 0 Å². The first-order chi connectivity index (χ1) is 13.2. The van der Waals surface area contributed by atoms with Gasteiger partial charge in [-0.1, -0.05) is 0 Å². The van der Waals surface area contributed by atoms with Crippen LogP contribution >= 0.6 is 0 Å². The Morgan fingerprint density at radius 1 is 1.30 bits per heavy atom. The highest BCUT2D eigenvalue weighted by Crippen LogP contribution is 2.33. The molecule has 2 aliphatic rings. The number of aliphatic hydroxyl groups excluding tert-OH is 2. The Bertz CT molecular complexity index is 946. The van der Waals surface area contributed by atoms with Crippen LogP contribution in [0.25, 0.3) is 5.52 Å². The molecule has 1 saturated carbocycles. The van der Waals surface area contributed by atoms with E-state index >= 15 is 0 Å². The van der Waals surface area contributed by atoms with E-state index in [0.717, 1.165) is 37.7 Å². The zero-order valence-corrected chi connectivity index (χ0v) is 14.9. The van der Waals surface area contributed by atoms with Crippen molar-refractivity contribution in [2.24, 2.45) is 0 Å². The van der Waals surface area contributed by atoms with Crippen molar-refractivity contribution in [1.82, 2.24) is 24.1 Å². The van der Waals surface area contributed by atoms with Gasteiger partial charge in [0.05, 0.1) is 25.1 Å². The third-order valence-electron chi connectivity index (χ3n) is 5.58. The van der Waals surface area contributed by atoms with Crippen LogP contribution in [-0.4, -0.2) is 59.7 Å². The van der Waals surface area contributed by atoms with Crippen LogP contribution in [0.3, 0.4) is 0 Å². The third-order valence-corrected chi connectivity index (χ3v) is 5.58. The van der Waals surface area contributed by atoms with Gasteiger partial charge in [-0.25, -0.2) is 9.50 Å². The van der Waals surface area contributed by atoms with Gasteiger partial charge in [-0.05, 0) is 37.8 Å². The molecule has 1 unspecified atom stereocenters. The van der Waals surface area contributed by atoms with Gasteiger partial charge >= 0.3 is 0 Å². The van der Waals surface area contributed by atoms with E-state index < -0.39 is 0 Å². The number of anilines is 3. The van der Waals surface area contributed by atoms with Gasteiger partial charge in [0.15, 0.2) is 5.82 Å². The topological polar surface area (TPSA) is 104 Å². The van der Waals surface area contributed by atoms with Gasteiger partial charge < -0.3 is 25.0 Å². The molecule has 1 aliphatic heterocycles. The third kappa shape index (κ3) is 2.92. The molecule has 5 rings (SSSR count). The maximum atomic E-state index is 9.63. The number of imidazole rings is 1. The molecule has 1 aliphatic carbocycles. The lowest BCUT2D eigenvalue weighted by Crippen LogP contribution is -2.34. The van der Waals surface area contributed by atoms with E-state index in [2.05, 4.69) is 20.3 Å². The maximum absolute atomic E-state index is 9.63. The summed E-state index contributed by atoms with van der Waals surface area (Å²) in [4.78, 5) is 11.2. The first-order valence-corrected chi connectivity index (χ1v) is 9.42. The lowest BCUT2D eigenvalue weighted by Gasteiger charge is -2.32. The van der Waals surface area contributed by atoms with Crippen molar-refractivity contribution >= 4 is 23.1 Å². The number of aromatic nitrogens is 5. The number of nitrogens with zero attached hydrogens (tertiary/aromatic N) is 6. The standard InChI is InChI=1S/C18H23N7O2/c26-10-12-3-1-5-24(12)18-21-17(15-4-2-6-25(15)22-18)20-16-9-23(11-19-16)13-7-14(27)8-13/h2,4,6,9,11-14,26-27H,1,3,5,7-8,10H2,(H,20,21,22). The first kappa shape index (κ1) is 16.5. The highest BCUT2D eigenvalue weighted by Gasteiger charge is 2.29. The van der Waals surface area contributed by atoms with E-state index in [1.54, 1.807) is 10.8 Å². The number of aliphatic hydroxyl groups is 2. The van der Waals surface area contributed by atoms with Gasteiger partial charge in [0.1, 0.15) is 11.3 Å². The Kier molecular flexibility index (Phi) is 3.98. The molecule has 9 heteroatoms. The van der Waals surface area contributed by atoms with Crippen LogP contribution < -0.4 is 10.2 Å². The Morgan fingerprint density at radius 2 is 2.19 bits per heavy atom. The van der Waals surface area contributed by atoms with Crippen LogP contribution in [0.15, 0.2) is 30.9 Å². The number of fused-ring (bicyclic) bond motifs is 1.